The van der Waals surface area contributed by atoms with Crippen LogP contribution in [0.15, 0.2) is 33.7 Å². The first-order valence-electron chi connectivity index (χ1n) is 10.2. The zero-order valence-corrected chi connectivity index (χ0v) is 19.1. The lowest BCUT2D eigenvalue weighted by atomic mass is 9.97. The third kappa shape index (κ3) is 6.68. The van der Waals surface area contributed by atoms with E-state index < -0.39 is 15.4 Å². The highest BCUT2D eigenvalue weighted by Crippen LogP contribution is 2.27. The number of sulfone groups is 1. The molecule has 2 heterocycles. The summed E-state index contributed by atoms with van der Waals surface area (Å²) >= 11 is 0. The third-order valence-corrected chi connectivity index (χ3v) is 5.95. The van der Waals surface area contributed by atoms with Crippen LogP contribution in [0.3, 0.4) is 0 Å². The van der Waals surface area contributed by atoms with E-state index in [1.165, 1.54) is 12.1 Å². The van der Waals surface area contributed by atoms with Crippen molar-refractivity contribution in [3.63, 3.8) is 0 Å². The summed E-state index contributed by atoms with van der Waals surface area (Å²) in [7, 11) is -3.22. The minimum absolute atomic E-state index is 0.115. The second kappa shape index (κ2) is 9.25. The van der Waals surface area contributed by atoms with Crippen molar-refractivity contribution in [2.75, 3.05) is 26.0 Å². The number of carbonyl (C=O) groups is 1. The molecular formula is C21H29N3O6S. The fraction of sp³-hybridized carbons (Fsp3) is 0.571. The number of ether oxygens (including phenoxy) is 2. The van der Waals surface area contributed by atoms with Crippen molar-refractivity contribution in [3.05, 3.63) is 36.0 Å². The lowest BCUT2D eigenvalue weighted by molar-refractivity contribution is 0.0198. The quantitative estimate of drug-likeness (QED) is 0.658. The molecule has 0 aliphatic carbocycles. The molecule has 0 bridgehead atoms. The van der Waals surface area contributed by atoms with E-state index >= 15 is 0 Å². The number of aromatic nitrogens is 2. The van der Waals surface area contributed by atoms with E-state index in [4.69, 9.17) is 14.0 Å². The van der Waals surface area contributed by atoms with Gasteiger partial charge in [0.15, 0.2) is 15.7 Å². The maximum atomic E-state index is 12.2. The van der Waals surface area contributed by atoms with Crippen molar-refractivity contribution < 1.29 is 27.2 Å². The fourth-order valence-electron chi connectivity index (χ4n) is 3.21. The van der Waals surface area contributed by atoms with E-state index in [1.807, 2.05) is 20.8 Å². The normalized spacial score (nSPS) is 15.7. The Morgan fingerprint density at radius 2 is 1.84 bits per heavy atom. The van der Waals surface area contributed by atoms with Gasteiger partial charge in [-0.25, -0.2) is 13.2 Å². The van der Waals surface area contributed by atoms with Gasteiger partial charge in [0.2, 0.25) is 5.89 Å². The molecule has 0 N–H and O–H groups in total. The summed E-state index contributed by atoms with van der Waals surface area (Å²) in [6.45, 7) is 7.08. The third-order valence-electron chi connectivity index (χ3n) is 4.83. The van der Waals surface area contributed by atoms with Gasteiger partial charge in [-0.1, -0.05) is 5.16 Å². The number of amides is 1. The van der Waals surface area contributed by atoms with Gasteiger partial charge in [0.1, 0.15) is 11.4 Å². The van der Waals surface area contributed by atoms with Crippen molar-refractivity contribution >= 4 is 15.9 Å². The maximum absolute atomic E-state index is 12.2. The predicted octanol–water partition coefficient (Wildman–Crippen LogP) is 3.21. The molecule has 1 aromatic carbocycles. The number of hydrogen-bond donors (Lipinski definition) is 0. The van der Waals surface area contributed by atoms with E-state index in [9.17, 15) is 13.2 Å². The van der Waals surface area contributed by atoms with Crippen LogP contribution in [0.5, 0.6) is 5.75 Å². The summed E-state index contributed by atoms with van der Waals surface area (Å²) in [4.78, 5) is 18.6. The van der Waals surface area contributed by atoms with E-state index in [0.717, 1.165) is 19.1 Å². The highest BCUT2D eigenvalue weighted by Gasteiger charge is 2.30. The van der Waals surface area contributed by atoms with E-state index in [2.05, 4.69) is 10.1 Å². The molecule has 3 rings (SSSR count). The predicted molar refractivity (Wildman–Crippen MR) is 113 cm³/mol. The highest BCUT2D eigenvalue weighted by molar-refractivity contribution is 7.90. The molecule has 0 spiro atoms. The number of rotatable bonds is 6. The van der Waals surface area contributed by atoms with Gasteiger partial charge in [-0.15, -0.1) is 0 Å². The van der Waals surface area contributed by atoms with Crippen LogP contribution in [-0.4, -0.2) is 61.1 Å². The minimum Gasteiger partial charge on any atom is -0.493 e. The average molecular weight is 452 g/mol. The average Bonchev–Trinajstić information content (AvgIpc) is 3.15. The maximum Gasteiger partial charge on any atom is 0.410 e. The standard InChI is InChI=1S/C21H29N3O6S/c1-21(2,3)29-20(25)24-12-9-15(10-13-24)19-22-18(23-30-19)11-14-28-16-5-7-17(8-6-16)31(4,26)27/h5-8,15H,9-14H2,1-4H3. The number of benzene rings is 1. The lowest BCUT2D eigenvalue weighted by Gasteiger charge is -2.32. The Morgan fingerprint density at radius 1 is 1.19 bits per heavy atom. The van der Waals surface area contributed by atoms with Crippen LogP contribution in [-0.2, 0) is 21.0 Å². The van der Waals surface area contributed by atoms with Gasteiger partial charge in [0.05, 0.1) is 11.5 Å². The van der Waals surface area contributed by atoms with Gasteiger partial charge in [0.25, 0.3) is 0 Å². The summed E-state index contributed by atoms with van der Waals surface area (Å²) < 4.78 is 39.5. The van der Waals surface area contributed by atoms with Crippen LogP contribution in [0.4, 0.5) is 4.79 Å². The Labute approximate surface area is 182 Å². The minimum atomic E-state index is -3.22. The summed E-state index contributed by atoms with van der Waals surface area (Å²) in [6, 6.07) is 6.27. The summed E-state index contributed by atoms with van der Waals surface area (Å²) in [5, 5.41) is 4.02. The Hall–Kier alpha value is -2.62. The van der Waals surface area contributed by atoms with Crippen molar-refractivity contribution in [1.29, 1.82) is 0 Å². The van der Waals surface area contributed by atoms with Crippen LogP contribution in [0.2, 0.25) is 0 Å². The van der Waals surface area contributed by atoms with Crippen LogP contribution in [0.1, 0.15) is 51.2 Å². The lowest BCUT2D eigenvalue weighted by Crippen LogP contribution is -2.41. The summed E-state index contributed by atoms with van der Waals surface area (Å²) in [5.74, 6) is 1.82. The van der Waals surface area contributed by atoms with Crippen molar-refractivity contribution in [2.45, 2.75) is 56.4 Å². The first kappa shape index (κ1) is 23.1. The zero-order valence-electron chi connectivity index (χ0n) is 18.3. The molecule has 1 saturated heterocycles. The number of piperidine rings is 1. The number of nitrogens with zero attached hydrogens (tertiary/aromatic N) is 3. The molecular weight excluding hydrogens is 422 g/mol. The molecule has 0 radical (unpaired) electrons. The zero-order chi connectivity index (χ0) is 22.6. The summed E-state index contributed by atoms with van der Waals surface area (Å²) in [5.41, 5.74) is -0.507. The molecule has 9 nitrogen and oxygen atoms in total. The molecule has 1 aliphatic heterocycles. The molecule has 10 heteroatoms. The number of likely N-dealkylation sites (tertiary alicyclic amines) is 1. The molecule has 0 unspecified atom stereocenters. The van der Waals surface area contributed by atoms with Gasteiger partial charge in [-0.3, -0.25) is 0 Å². The van der Waals surface area contributed by atoms with Crippen molar-refractivity contribution in [2.24, 2.45) is 0 Å². The van der Waals surface area contributed by atoms with Gasteiger partial charge in [-0.2, -0.15) is 4.98 Å². The monoisotopic (exact) mass is 451 g/mol. The molecule has 0 atom stereocenters. The molecule has 1 aromatic heterocycles. The topological polar surface area (TPSA) is 112 Å². The van der Waals surface area contributed by atoms with Crippen LogP contribution in [0.25, 0.3) is 0 Å². The van der Waals surface area contributed by atoms with Crippen molar-refractivity contribution in [3.8, 4) is 5.75 Å². The second-order valence-corrected chi connectivity index (χ2v) is 10.6. The first-order chi connectivity index (χ1) is 14.5. The SMILES string of the molecule is CC(C)(C)OC(=O)N1CCC(c2nc(CCOc3ccc(S(C)(=O)=O)cc3)no2)CC1. The molecule has 2 aromatic rings. The fourth-order valence-corrected chi connectivity index (χ4v) is 3.84. The smallest absolute Gasteiger partial charge is 0.410 e. The van der Waals surface area contributed by atoms with Gasteiger partial charge in [0, 0.05) is 31.7 Å². The molecule has 0 saturated carbocycles. The Morgan fingerprint density at radius 3 is 2.42 bits per heavy atom. The van der Waals surface area contributed by atoms with E-state index in [-0.39, 0.29) is 16.9 Å². The van der Waals surface area contributed by atoms with Crippen LogP contribution in [0, 0.1) is 0 Å². The van der Waals surface area contributed by atoms with Gasteiger partial charge in [-0.05, 0) is 57.9 Å². The Balaban J connectivity index is 1.45. The molecule has 1 amide bonds. The summed E-state index contributed by atoms with van der Waals surface area (Å²) in [6.07, 6.45) is 2.82. The molecule has 1 aliphatic rings. The number of hydrogen-bond acceptors (Lipinski definition) is 8. The van der Waals surface area contributed by atoms with Gasteiger partial charge < -0.3 is 18.9 Å². The molecule has 1 fully saturated rings. The largest absolute Gasteiger partial charge is 0.493 e. The number of carbonyl (C=O) groups excluding carboxylic acids is 1. The van der Waals surface area contributed by atoms with Crippen LogP contribution < -0.4 is 4.74 Å². The Bertz CT molecular complexity index is 987. The van der Waals surface area contributed by atoms with E-state index in [0.29, 0.717) is 43.6 Å². The van der Waals surface area contributed by atoms with Crippen LogP contribution >= 0.6 is 0 Å². The molecule has 170 valence electrons. The second-order valence-electron chi connectivity index (χ2n) is 8.63. The van der Waals surface area contributed by atoms with Crippen molar-refractivity contribution in [1.82, 2.24) is 15.0 Å². The van der Waals surface area contributed by atoms with Gasteiger partial charge >= 0.3 is 6.09 Å². The first-order valence-corrected chi connectivity index (χ1v) is 12.1. The molecule has 31 heavy (non-hydrogen) atoms. The Kier molecular flexibility index (Phi) is 6.88. The van der Waals surface area contributed by atoms with E-state index in [1.54, 1.807) is 17.0 Å². The highest BCUT2D eigenvalue weighted by atomic mass is 32.2.